The van der Waals surface area contributed by atoms with Crippen LogP contribution in [0.15, 0.2) is 24.3 Å². The first-order valence-electron chi connectivity index (χ1n) is 7.85. The van der Waals surface area contributed by atoms with Gasteiger partial charge in [-0.2, -0.15) is 18.3 Å². The summed E-state index contributed by atoms with van der Waals surface area (Å²) < 4.78 is 40.2. The van der Waals surface area contributed by atoms with Crippen LogP contribution >= 0.6 is 0 Å². The lowest BCUT2D eigenvalue weighted by Crippen LogP contribution is -2.21. The zero-order chi connectivity index (χ0) is 16.6. The summed E-state index contributed by atoms with van der Waals surface area (Å²) in [6.45, 7) is 4.61. The number of aromatic nitrogens is 2. The molecule has 1 aliphatic heterocycles. The van der Waals surface area contributed by atoms with Crippen molar-refractivity contribution in [2.75, 3.05) is 20.1 Å². The molecule has 0 bridgehead atoms. The SMILES string of the molecule is CCn1nc2c(c1-c1ccc(C(F)(F)F)cc1)CCN(C)CC2. The predicted molar refractivity (Wildman–Crippen MR) is 83.2 cm³/mol. The first kappa shape index (κ1) is 16.1. The summed E-state index contributed by atoms with van der Waals surface area (Å²) in [6, 6.07) is 5.41. The average molecular weight is 323 g/mol. The van der Waals surface area contributed by atoms with E-state index in [1.807, 2.05) is 11.6 Å². The Hall–Kier alpha value is -1.82. The van der Waals surface area contributed by atoms with Crippen LogP contribution in [0.25, 0.3) is 11.3 Å². The van der Waals surface area contributed by atoms with Gasteiger partial charge in [0, 0.05) is 37.2 Å². The number of fused-ring (bicyclic) bond motifs is 1. The van der Waals surface area contributed by atoms with Crippen LogP contribution in [0.4, 0.5) is 13.2 Å². The number of rotatable bonds is 2. The van der Waals surface area contributed by atoms with Gasteiger partial charge in [-0.05, 0) is 32.5 Å². The molecule has 0 radical (unpaired) electrons. The largest absolute Gasteiger partial charge is 0.416 e. The van der Waals surface area contributed by atoms with Gasteiger partial charge in [-0.25, -0.2) is 0 Å². The van der Waals surface area contributed by atoms with Crippen molar-refractivity contribution in [2.45, 2.75) is 32.5 Å². The summed E-state index contributed by atoms with van der Waals surface area (Å²) in [5.41, 5.74) is 3.40. The normalized spacial score (nSPS) is 16.2. The molecule has 1 aliphatic rings. The molecule has 3 rings (SSSR count). The molecule has 124 valence electrons. The maximum Gasteiger partial charge on any atom is 0.416 e. The molecular formula is C17H20F3N3. The molecule has 0 amide bonds. The second kappa shape index (κ2) is 6.00. The van der Waals surface area contributed by atoms with Crippen molar-refractivity contribution in [2.24, 2.45) is 0 Å². The number of nitrogens with zero attached hydrogens (tertiary/aromatic N) is 3. The lowest BCUT2D eigenvalue weighted by molar-refractivity contribution is -0.137. The van der Waals surface area contributed by atoms with Crippen LogP contribution in [0.3, 0.4) is 0 Å². The van der Waals surface area contributed by atoms with Gasteiger partial charge in [0.15, 0.2) is 0 Å². The number of aryl methyl sites for hydroxylation is 1. The Morgan fingerprint density at radius 3 is 2.35 bits per heavy atom. The van der Waals surface area contributed by atoms with Gasteiger partial charge in [-0.3, -0.25) is 4.68 Å². The minimum Gasteiger partial charge on any atom is -0.306 e. The van der Waals surface area contributed by atoms with Gasteiger partial charge in [0.1, 0.15) is 0 Å². The average Bonchev–Trinajstić information content (AvgIpc) is 2.78. The molecule has 0 spiro atoms. The van der Waals surface area contributed by atoms with Gasteiger partial charge in [-0.1, -0.05) is 12.1 Å². The summed E-state index contributed by atoms with van der Waals surface area (Å²) in [7, 11) is 2.08. The Morgan fingerprint density at radius 2 is 1.74 bits per heavy atom. The van der Waals surface area contributed by atoms with Gasteiger partial charge in [0.25, 0.3) is 0 Å². The molecule has 1 aromatic carbocycles. The number of halogens is 3. The second-order valence-corrected chi connectivity index (χ2v) is 5.97. The standard InChI is InChI=1S/C17H20F3N3/c1-3-23-16(12-4-6-13(7-5-12)17(18,19)20)14-8-10-22(2)11-9-15(14)21-23/h4-7H,3,8-11H2,1-2H3. The molecule has 3 nitrogen and oxygen atoms in total. The molecule has 0 N–H and O–H groups in total. The number of alkyl halides is 3. The lowest BCUT2D eigenvalue weighted by atomic mass is 10.0. The van der Waals surface area contributed by atoms with Crippen molar-refractivity contribution in [1.29, 1.82) is 0 Å². The zero-order valence-electron chi connectivity index (χ0n) is 13.3. The number of likely N-dealkylation sites (N-methyl/N-ethyl adjacent to an activating group) is 1. The molecule has 0 unspecified atom stereocenters. The van der Waals surface area contributed by atoms with Crippen LogP contribution < -0.4 is 0 Å². The summed E-state index contributed by atoms with van der Waals surface area (Å²) in [4.78, 5) is 2.26. The van der Waals surface area contributed by atoms with Gasteiger partial charge >= 0.3 is 6.18 Å². The van der Waals surface area contributed by atoms with E-state index in [-0.39, 0.29) is 0 Å². The van der Waals surface area contributed by atoms with E-state index in [1.54, 1.807) is 12.1 Å². The van der Waals surface area contributed by atoms with E-state index < -0.39 is 11.7 Å². The van der Waals surface area contributed by atoms with Crippen LogP contribution in [-0.2, 0) is 25.6 Å². The third-order valence-corrected chi connectivity index (χ3v) is 4.39. The first-order valence-corrected chi connectivity index (χ1v) is 7.85. The van der Waals surface area contributed by atoms with E-state index in [0.717, 1.165) is 55.0 Å². The lowest BCUT2D eigenvalue weighted by Gasteiger charge is -2.13. The van der Waals surface area contributed by atoms with Crippen molar-refractivity contribution in [1.82, 2.24) is 14.7 Å². The molecular weight excluding hydrogens is 303 g/mol. The Balaban J connectivity index is 2.04. The molecule has 1 aromatic heterocycles. The van der Waals surface area contributed by atoms with Crippen LogP contribution in [0.2, 0.25) is 0 Å². The van der Waals surface area contributed by atoms with Gasteiger partial charge in [0.05, 0.1) is 17.0 Å². The van der Waals surface area contributed by atoms with Crippen molar-refractivity contribution in [3.8, 4) is 11.3 Å². The van der Waals surface area contributed by atoms with Crippen molar-refractivity contribution < 1.29 is 13.2 Å². The second-order valence-electron chi connectivity index (χ2n) is 5.97. The maximum absolute atomic E-state index is 12.8. The zero-order valence-corrected chi connectivity index (χ0v) is 13.3. The third-order valence-electron chi connectivity index (χ3n) is 4.39. The van der Waals surface area contributed by atoms with Gasteiger partial charge in [0.2, 0.25) is 0 Å². The van der Waals surface area contributed by atoms with E-state index in [2.05, 4.69) is 17.0 Å². The minimum absolute atomic E-state index is 0.616. The predicted octanol–water partition coefficient (Wildman–Crippen LogP) is 3.62. The number of hydrogen-bond acceptors (Lipinski definition) is 2. The maximum atomic E-state index is 12.8. The minimum atomic E-state index is -4.30. The van der Waals surface area contributed by atoms with Crippen LogP contribution in [0, 0.1) is 0 Å². The fourth-order valence-corrected chi connectivity index (χ4v) is 3.09. The first-order chi connectivity index (χ1) is 10.9. The smallest absolute Gasteiger partial charge is 0.306 e. The molecule has 2 heterocycles. The summed E-state index contributed by atoms with van der Waals surface area (Å²) in [6.07, 6.45) is -2.54. The van der Waals surface area contributed by atoms with Crippen LogP contribution in [-0.4, -0.2) is 34.8 Å². The summed E-state index contributed by atoms with van der Waals surface area (Å²) in [5, 5.41) is 4.68. The van der Waals surface area contributed by atoms with E-state index in [4.69, 9.17) is 0 Å². The van der Waals surface area contributed by atoms with Gasteiger partial charge < -0.3 is 4.90 Å². The van der Waals surface area contributed by atoms with Crippen molar-refractivity contribution in [3.05, 3.63) is 41.1 Å². The molecule has 0 aliphatic carbocycles. The highest BCUT2D eigenvalue weighted by molar-refractivity contribution is 5.65. The fraction of sp³-hybridized carbons (Fsp3) is 0.471. The Bertz CT molecular complexity index is 686. The highest BCUT2D eigenvalue weighted by Crippen LogP contribution is 2.33. The Labute approximate surface area is 133 Å². The summed E-state index contributed by atoms with van der Waals surface area (Å²) in [5.74, 6) is 0. The van der Waals surface area contributed by atoms with E-state index >= 15 is 0 Å². The van der Waals surface area contributed by atoms with E-state index in [1.165, 1.54) is 5.56 Å². The number of hydrogen-bond donors (Lipinski definition) is 0. The molecule has 0 atom stereocenters. The highest BCUT2D eigenvalue weighted by Gasteiger charge is 2.30. The topological polar surface area (TPSA) is 21.1 Å². The van der Waals surface area contributed by atoms with E-state index in [9.17, 15) is 13.2 Å². The molecule has 23 heavy (non-hydrogen) atoms. The third kappa shape index (κ3) is 3.13. The molecule has 0 saturated heterocycles. The van der Waals surface area contributed by atoms with Crippen molar-refractivity contribution >= 4 is 0 Å². The van der Waals surface area contributed by atoms with Crippen LogP contribution in [0.5, 0.6) is 0 Å². The Kier molecular flexibility index (Phi) is 4.19. The number of benzene rings is 1. The molecule has 6 heteroatoms. The molecule has 0 saturated carbocycles. The quantitative estimate of drug-likeness (QED) is 0.842. The van der Waals surface area contributed by atoms with Gasteiger partial charge in [-0.15, -0.1) is 0 Å². The fourth-order valence-electron chi connectivity index (χ4n) is 3.09. The van der Waals surface area contributed by atoms with Crippen LogP contribution in [0.1, 0.15) is 23.7 Å². The van der Waals surface area contributed by atoms with Crippen molar-refractivity contribution in [3.63, 3.8) is 0 Å². The summed E-state index contributed by atoms with van der Waals surface area (Å²) >= 11 is 0. The highest BCUT2D eigenvalue weighted by atomic mass is 19.4. The van der Waals surface area contributed by atoms with E-state index in [0.29, 0.717) is 6.54 Å². The Morgan fingerprint density at radius 1 is 1.09 bits per heavy atom. The molecule has 0 fully saturated rings. The monoisotopic (exact) mass is 323 g/mol. The molecule has 2 aromatic rings.